The standard InChI is InChI=1S/C23H35FN2O4/c1-2-3-4-5-6-7-22(27)25-19(16-26-11-10-18(24)15-26)23(28)17-8-9-20-21(14-17)30-13-12-29-20/h8-9,14,18-19,23,28H,2-7,10-13,15-16H2,1H3,(H,25,27)/t18-,19-,23?/m1/s1. The van der Waals surface area contributed by atoms with Crippen LogP contribution in [0.25, 0.3) is 0 Å². The molecule has 7 heteroatoms. The molecule has 1 saturated heterocycles. The number of halogens is 1. The van der Waals surface area contributed by atoms with Gasteiger partial charge in [-0.1, -0.05) is 38.7 Å². The molecule has 0 radical (unpaired) electrons. The number of rotatable bonds is 11. The van der Waals surface area contributed by atoms with Crippen molar-refractivity contribution in [3.63, 3.8) is 0 Å². The Kier molecular flexibility index (Phi) is 8.75. The molecule has 0 spiro atoms. The topological polar surface area (TPSA) is 71.0 Å². The fourth-order valence-electron chi connectivity index (χ4n) is 4.10. The molecule has 0 aliphatic carbocycles. The minimum Gasteiger partial charge on any atom is -0.486 e. The summed E-state index contributed by atoms with van der Waals surface area (Å²) in [7, 11) is 0. The molecule has 0 saturated carbocycles. The van der Waals surface area contributed by atoms with Crippen molar-refractivity contribution in [2.24, 2.45) is 0 Å². The van der Waals surface area contributed by atoms with Gasteiger partial charge < -0.3 is 19.9 Å². The van der Waals surface area contributed by atoms with Crippen molar-refractivity contribution in [1.82, 2.24) is 10.2 Å². The number of benzene rings is 1. The summed E-state index contributed by atoms with van der Waals surface area (Å²) in [6, 6.07) is 4.84. The van der Waals surface area contributed by atoms with Crippen LogP contribution in [0.4, 0.5) is 4.39 Å². The van der Waals surface area contributed by atoms with Gasteiger partial charge in [0.1, 0.15) is 25.5 Å². The van der Waals surface area contributed by atoms with Crippen molar-refractivity contribution in [3.8, 4) is 11.5 Å². The van der Waals surface area contributed by atoms with E-state index in [1.165, 1.54) is 12.8 Å². The number of amides is 1. The molecule has 6 nitrogen and oxygen atoms in total. The van der Waals surface area contributed by atoms with Crippen LogP contribution in [0.5, 0.6) is 11.5 Å². The quantitative estimate of drug-likeness (QED) is 0.535. The van der Waals surface area contributed by atoms with Gasteiger partial charge in [-0.3, -0.25) is 9.69 Å². The van der Waals surface area contributed by atoms with Crippen LogP contribution in [0.1, 0.15) is 63.5 Å². The molecule has 3 rings (SSSR count). The summed E-state index contributed by atoms with van der Waals surface area (Å²) in [6.45, 7) is 4.53. The summed E-state index contributed by atoms with van der Waals surface area (Å²) in [4.78, 5) is 14.5. The van der Waals surface area contributed by atoms with Gasteiger partial charge in [-0.05, 0) is 30.5 Å². The van der Waals surface area contributed by atoms with Gasteiger partial charge in [-0.25, -0.2) is 4.39 Å². The first-order valence-corrected chi connectivity index (χ1v) is 11.3. The Balaban J connectivity index is 1.63. The van der Waals surface area contributed by atoms with Crippen molar-refractivity contribution in [2.75, 3.05) is 32.8 Å². The number of alkyl halides is 1. The summed E-state index contributed by atoms with van der Waals surface area (Å²) in [5, 5.41) is 14.1. The zero-order chi connectivity index (χ0) is 21.3. The largest absolute Gasteiger partial charge is 0.486 e. The Labute approximate surface area is 178 Å². The Hall–Kier alpha value is -1.86. The van der Waals surface area contributed by atoms with E-state index in [0.29, 0.717) is 62.8 Å². The van der Waals surface area contributed by atoms with Crippen LogP contribution in [-0.4, -0.2) is 61.0 Å². The van der Waals surface area contributed by atoms with E-state index in [1.807, 2.05) is 4.90 Å². The average Bonchev–Trinajstić information content (AvgIpc) is 3.17. The molecule has 0 aromatic heterocycles. The Morgan fingerprint density at radius 2 is 2.00 bits per heavy atom. The van der Waals surface area contributed by atoms with Gasteiger partial charge >= 0.3 is 0 Å². The van der Waals surface area contributed by atoms with Gasteiger partial charge in [0.15, 0.2) is 11.5 Å². The van der Waals surface area contributed by atoms with Crippen LogP contribution < -0.4 is 14.8 Å². The highest BCUT2D eigenvalue weighted by atomic mass is 19.1. The first kappa shape index (κ1) is 22.8. The lowest BCUT2D eigenvalue weighted by molar-refractivity contribution is -0.123. The molecule has 0 bridgehead atoms. The number of unbranched alkanes of at least 4 members (excludes halogenated alkanes) is 4. The van der Waals surface area contributed by atoms with Gasteiger partial charge in [0.25, 0.3) is 0 Å². The number of aliphatic hydroxyl groups is 1. The predicted molar refractivity (Wildman–Crippen MR) is 114 cm³/mol. The van der Waals surface area contributed by atoms with Gasteiger partial charge in [-0.2, -0.15) is 0 Å². The SMILES string of the molecule is CCCCCCCC(=O)N[C@H](CN1CC[C@@H](F)C1)C(O)c1ccc2c(c1)OCCO2. The van der Waals surface area contributed by atoms with Crippen LogP contribution in [0, 0.1) is 0 Å². The minimum absolute atomic E-state index is 0.0657. The molecular weight excluding hydrogens is 387 g/mol. The van der Waals surface area contributed by atoms with E-state index < -0.39 is 18.3 Å². The molecule has 1 aromatic carbocycles. The second-order valence-electron chi connectivity index (χ2n) is 8.33. The zero-order valence-corrected chi connectivity index (χ0v) is 17.9. The number of likely N-dealkylation sites (tertiary alicyclic amines) is 1. The number of nitrogens with one attached hydrogen (secondary N) is 1. The molecule has 168 valence electrons. The third-order valence-corrected chi connectivity index (χ3v) is 5.81. The second-order valence-corrected chi connectivity index (χ2v) is 8.33. The molecule has 2 heterocycles. The maximum absolute atomic E-state index is 13.6. The number of aliphatic hydroxyl groups excluding tert-OH is 1. The highest BCUT2D eigenvalue weighted by Crippen LogP contribution is 2.33. The van der Waals surface area contributed by atoms with Crippen LogP contribution in [0.2, 0.25) is 0 Å². The molecule has 2 aliphatic rings. The molecule has 2 N–H and O–H groups in total. The van der Waals surface area contributed by atoms with Crippen molar-refractivity contribution < 1.29 is 23.8 Å². The number of hydrogen-bond acceptors (Lipinski definition) is 5. The number of nitrogens with zero attached hydrogens (tertiary/aromatic N) is 1. The van der Waals surface area contributed by atoms with Crippen LogP contribution in [-0.2, 0) is 4.79 Å². The summed E-state index contributed by atoms with van der Waals surface area (Å²) in [6.07, 6.45) is 4.56. The van der Waals surface area contributed by atoms with Gasteiger partial charge in [-0.15, -0.1) is 0 Å². The van der Waals surface area contributed by atoms with Gasteiger partial charge in [0, 0.05) is 26.1 Å². The van der Waals surface area contributed by atoms with E-state index in [1.54, 1.807) is 18.2 Å². The first-order valence-electron chi connectivity index (χ1n) is 11.3. The van der Waals surface area contributed by atoms with Gasteiger partial charge in [0.2, 0.25) is 5.91 Å². The van der Waals surface area contributed by atoms with Crippen molar-refractivity contribution in [2.45, 2.75) is 70.2 Å². The van der Waals surface area contributed by atoms with Crippen molar-refractivity contribution in [1.29, 1.82) is 0 Å². The highest BCUT2D eigenvalue weighted by Gasteiger charge is 2.30. The number of fused-ring (bicyclic) bond motifs is 1. The fraction of sp³-hybridized carbons (Fsp3) is 0.696. The summed E-state index contributed by atoms with van der Waals surface area (Å²) in [5.41, 5.74) is 0.656. The second kappa shape index (κ2) is 11.5. The summed E-state index contributed by atoms with van der Waals surface area (Å²) < 4.78 is 24.8. The molecule has 1 fully saturated rings. The maximum atomic E-state index is 13.6. The fourth-order valence-corrected chi connectivity index (χ4v) is 4.10. The molecule has 1 aromatic rings. The predicted octanol–water partition coefficient (Wildman–Crippen LogP) is 3.38. The van der Waals surface area contributed by atoms with E-state index in [2.05, 4.69) is 12.2 Å². The van der Waals surface area contributed by atoms with E-state index in [0.717, 1.165) is 19.3 Å². The van der Waals surface area contributed by atoms with Crippen LogP contribution in [0.15, 0.2) is 18.2 Å². The molecule has 3 atom stereocenters. The maximum Gasteiger partial charge on any atom is 0.220 e. The zero-order valence-electron chi connectivity index (χ0n) is 17.9. The lowest BCUT2D eigenvalue weighted by Gasteiger charge is -2.29. The van der Waals surface area contributed by atoms with E-state index in [4.69, 9.17) is 9.47 Å². The lowest BCUT2D eigenvalue weighted by atomic mass is 10.0. The first-order chi connectivity index (χ1) is 14.6. The van der Waals surface area contributed by atoms with Crippen LogP contribution >= 0.6 is 0 Å². The third kappa shape index (κ3) is 6.57. The molecule has 2 aliphatic heterocycles. The average molecular weight is 423 g/mol. The van der Waals surface area contributed by atoms with E-state index in [9.17, 15) is 14.3 Å². The van der Waals surface area contributed by atoms with Crippen molar-refractivity contribution >= 4 is 5.91 Å². The minimum atomic E-state index is -0.913. The number of carbonyl (C=O) groups is 1. The third-order valence-electron chi connectivity index (χ3n) is 5.81. The number of hydrogen-bond donors (Lipinski definition) is 2. The summed E-state index contributed by atoms with van der Waals surface area (Å²) in [5.74, 6) is 1.19. The molecule has 1 amide bonds. The monoisotopic (exact) mass is 422 g/mol. The Bertz CT molecular complexity index is 687. The molecule has 1 unspecified atom stereocenters. The smallest absolute Gasteiger partial charge is 0.220 e. The lowest BCUT2D eigenvalue weighted by Crippen LogP contribution is -2.46. The normalized spacial score (nSPS) is 20.7. The molecule has 30 heavy (non-hydrogen) atoms. The Morgan fingerprint density at radius 1 is 1.23 bits per heavy atom. The van der Waals surface area contributed by atoms with Crippen molar-refractivity contribution in [3.05, 3.63) is 23.8 Å². The number of ether oxygens (including phenoxy) is 2. The van der Waals surface area contributed by atoms with Gasteiger partial charge in [0.05, 0.1) is 6.04 Å². The number of carbonyl (C=O) groups excluding carboxylic acids is 1. The Morgan fingerprint density at radius 3 is 2.73 bits per heavy atom. The van der Waals surface area contributed by atoms with E-state index >= 15 is 0 Å². The van der Waals surface area contributed by atoms with E-state index in [-0.39, 0.29) is 5.91 Å². The molecular formula is C23H35FN2O4. The van der Waals surface area contributed by atoms with Crippen LogP contribution in [0.3, 0.4) is 0 Å². The summed E-state index contributed by atoms with van der Waals surface area (Å²) >= 11 is 0. The highest BCUT2D eigenvalue weighted by molar-refractivity contribution is 5.76.